The molecule has 0 aromatic heterocycles. The molecule has 0 spiro atoms. The Morgan fingerprint density at radius 1 is 1.19 bits per heavy atom. The molecule has 2 atom stereocenters. The lowest BCUT2D eigenvalue weighted by Gasteiger charge is -2.35. The van der Waals surface area contributed by atoms with Crippen LogP contribution in [0.5, 0.6) is 0 Å². The third-order valence-electron chi connectivity index (χ3n) is 5.66. The molecule has 3 rings (SSSR count). The predicted molar refractivity (Wildman–Crippen MR) is 109 cm³/mol. The maximum absolute atomic E-state index is 12.9. The maximum atomic E-state index is 12.9. The molecule has 152 valence electrons. The molecule has 8 heteroatoms. The first-order valence-electron chi connectivity index (χ1n) is 9.53. The van der Waals surface area contributed by atoms with E-state index in [0.717, 1.165) is 31.5 Å². The highest BCUT2D eigenvalue weighted by Crippen LogP contribution is 2.23. The van der Waals surface area contributed by atoms with Crippen molar-refractivity contribution in [2.24, 2.45) is 5.92 Å². The van der Waals surface area contributed by atoms with Crippen LogP contribution in [0.1, 0.15) is 38.2 Å². The van der Waals surface area contributed by atoms with Crippen molar-refractivity contribution < 1.29 is 13.2 Å². The van der Waals surface area contributed by atoms with Crippen LogP contribution in [0, 0.1) is 5.92 Å². The fourth-order valence-electron chi connectivity index (χ4n) is 3.63. The molecule has 2 aliphatic rings. The van der Waals surface area contributed by atoms with Gasteiger partial charge in [0.15, 0.2) is 0 Å². The molecule has 2 aliphatic heterocycles. The highest BCUT2D eigenvalue weighted by Gasteiger charge is 2.33. The highest BCUT2D eigenvalue weighted by molar-refractivity contribution is 7.89. The van der Waals surface area contributed by atoms with Gasteiger partial charge in [-0.3, -0.25) is 4.79 Å². The van der Waals surface area contributed by atoms with Gasteiger partial charge < -0.3 is 10.2 Å². The number of carbonyl (C=O) groups excluding carboxylic acids is 1. The van der Waals surface area contributed by atoms with Crippen molar-refractivity contribution in [3.8, 4) is 0 Å². The van der Waals surface area contributed by atoms with Gasteiger partial charge in [-0.2, -0.15) is 4.31 Å². The van der Waals surface area contributed by atoms with Crippen molar-refractivity contribution >= 4 is 28.3 Å². The van der Waals surface area contributed by atoms with Crippen molar-refractivity contribution in [1.82, 2.24) is 14.5 Å². The van der Waals surface area contributed by atoms with Gasteiger partial charge in [0.05, 0.1) is 10.8 Å². The second-order valence-electron chi connectivity index (χ2n) is 7.30. The van der Waals surface area contributed by atoms with Crippen molar-refractivity contribution in [3.05, 3.63) is 29.8 Å². The van der Waals surface area contributed by atoms with Gasteiger partial charge in [0.2, 0.25) is 15.9 Å². The van der Waals surface area contributed by atoms with Crippen LogP contribution >= 0.6 is 12.4 Å². The Kier molecular flexibility index (Phi) is 7.68. The van der Waals surface area contributed by atoms with E-state index in [0.29, 0.717) is 37.0 Å². The topological polar surface area (TPSA) is 69.7 Å². The number of sulfonamides is 1. The molecule has 2 heterocycles. The Hall–Kier alpha value is -1.15. The molecule has 6 nitrogen and oxygen atoms in total. The Morgan fingerprint density at radius 3 is 2.33 bits per heavy atom. The third kappa shape index (κ3) is 4.83. The lowest BCUT2D eigenvalue weighted by atomic mass is 9.99. The number of nitrogens with zero attached hydrogens (tertiary/aromatic N) is 2. The quantitative estimate of drug-likeness (QED) is 0.799. The molecule has 1 N–H and O–H groups in total. The van der Waals surface area contributed by atoms with E-state index in [2.05, 4.69) is 19.2 Å². The summed E-state index contributed by atoms with van der Waals surface area (Å²) in [5.41, 5.74) is 1.16. The standard InChI is InChI=1S/C19H29N3O3S.ClH/c1-3-15(2)16-4-6-18(7-5-16)26(24,25)22-12-10-21(11-13-22)19(23)17-8-9-20-14-17;/h4-7,15,17,20H,3,8-14H2,1-2H3;1H. The smallest absolute Gasteiger partial charge is 0.243 e. The normalized spacial score (nSPS) is 22.3. The lowest BCUT2D eigenvalue weighted by molar-refractivity contribution is -0.136. The van der Waals surface area contributed by atoms with Crippen LogP contribution in [0.25, 0.3) is 0 Å². The summed E-state index contributed by atoms with van der Waals surface area (Å²) in [6.07, 6.45) is 1.90. The second-order valence-corrected chi connectivity index (χ2v) is 9.24. The van der Waals surface area contributed by atoms with Crippen molar-refractivity contribution in [2.75, 3.05) is 39.3 Å². The lowest BCUT2D eigenvalue weighted by Crippen LogP contribution is -2.52. The molecule has 2 saturated heterocycles. The van der Waals surface area contributed by atoms with E-state index in [-0.39, 0.29) is 24.2 Å². The fourth-order valence-corrected chi connectivity index (χ4v) is 5.05. The number of amides is 1. The number of hydrogen-bond donors (Lipinski definition) is 1. The largest absolute Gasteiger partial charge is 0.340 e. The molecular formula is C19H30ClN3O3S. The van der Waals surface area contributed by atoms with Crippen LogP contribution in [0.4, 0.5) is 0 Å². The summed E-state index contributed by atoms with van der Waals surface area (Å²) in [6, 6.07) is 7.24. The number of piperazine rings is 1. The molecule has 27 heavy (non-hydrogen) atoms. The van der Waals surface area contributed by atoms with Crippen LogP contribution in [0.15, 0.2) is 29.2 Å². The van der Waals surface area contributed by atoms with Crippen LogP contribution < -0.4 is 5.32 Å². The first kappa shape index (κ1) is 22.1. The predicted octanol–water partition coefficient (Wildman–Crippen LogP) is 2.06. The highest BCUT2D eigenvalue weighted by atomic mass is 35.5. The fraction of sp³-hybridized carbons (Fsp3) is 0.632. The van der Waals surface area contributed by atoms with Gasteiger partial charge in [-0.15, -0.1) is 12.4 Å². The van der Waals surface area contributed by atoms with Gasteiger partial charge in [0.1, 0.15) is 0 Å². The van der Waals surface area contributed by atoms with Crippen molar-refractivity contribution in [1.29, 1.82) is 0 Å². The van der Waals surface area contributed by atoms with Gasteiger partial charge in [0, 0.05) is 32.7 Å². The van der Waals surface area contributed by atoms with E-state index in [4.69, 9.17) is 0 Å². The molecule has 2 unspecified atom stereocenters. The Balaban J connectivity index is 0.00000261. The van der Waals surface area contributed by atoms with Crippen LogP contribution in [-0.4, -0.2) is 62.8 Å². The molecular weight excluding hydrogens is 386 g/mol. The zero-order valence-corrected chi connectivity index (χ0v) is 17.7. The minimum absolute atomic E-state index is 0. The van der Waals surface area contributed by atoms with Crippen LogP contribution in [-0.2, 0) is 14.8 Å². The van der Waals surface area contributed by atoms with Gasteiger partial charge in [-0.1, -0.05) is 26.0 Å². The van der Waals surface area contributed by atoms with E-state index in [1.807, 2.05) is 17.0 Å². The maximum Gasteiger partial charge on any atom is 0.243 e. The zero-order valence-electron chi connectivity index (χ0n) is 16.1. The second kappa shape index (κ2) is 9.37. The average Bonchev–Trinajstić information content (AvgIpc) is 3.21. The molecule has 1 aromatic carbocycles. The molecule has 0 radical (unpaired) electrons. The Labute approximate surface area is 168 Å². The summed E-state index contributed by atoms with van der Waals surface area (Å²) < 4.78 is 27.3. The molecule has 1 amide bonds. The summed E-state index contributed by atoms with van der Waals surface area (Å²) in [5.74, 6) is 0.627. The van der Waals surface area contributed by atoms with Gasteiger partial charge >= 0.3 is 0 Å². The first-order chi connectivity index (χ1) is 12.4. The number of hydrogen-bond acceptors (Lipinski definition) is 4. The number of nitrogens with one attached hydrogen (secondary N) is 1. The SMILES string of the molecule is CCC(C)c1ccc(S(=O)(=O)N2CCN(C(=O)C3CCNC3)CC2)cc1.Cl. The number of halogens is 1. The minimum Gasteiger partial charge on any atom is -0.340 e. The molecule has 2 fully saturated rings. The van der Waals surface area contributed by atoms with Crippen molar-refractivity contribution in [3.63, 3.8) is 0 Å². The molecule has 0 aliphatic carbocycles. The summed E-state index contributed by atoms with van der Waals surface area (Å²) in [5, 5.41) is 3.21. The first-order valence-corrected chi connectivity index (χ1v) is 11.0. The van der Waals surface area contributed by atoms with Crippen molar-refractivity contribution in [2.45, 2.75) is 37.5 Å². The Bertz CT molecular complexity index is 725. The molecule has 0 bridgehead atoms. The number of carbonyl (C=O) groups is 1. The van der Waals surface area contributed by atoms with Crippen LogP contribution in [0.2, 0.25) is 0 Å². The van der Waals surface area contributed by atoms with E-state index in [1.54, 1.807) is 12.1 Å². The van der Waals surface area contributed by atoms with Gasteiger partial charge in [-0.25, -0.2) is 8.42 Å². The monoisotopic (exact) mass is 415 g/mol. The van der Waals surface area contributed by atoms with Gasteiger partial charge in [0.25, 0.3) is 0 Å². The minimum atomic E-state index is -3.50. The van der Waals surface area contributed by atoms with E-state index < -0.39 is 10.0 Å². The summed E-state index contributed by atoms with van der Waals surface area (Å²) >= 11 is 0. The molecule has 1 aromatic rings. The van der Waals surface area contributed by atoms with E-state index >= 15 is 0 Å². The third-order valence-corrected chi connectivity index (χ3v) is 7.57. The summed E-state index contributed by atoms with van der Waals surface area (Å²) in [6.45, 7) is 7.55. The zero-order chi connectivity index (χ0) is 18.7. The van der Waals surface area contributed by atoms with E-state index in [9.17, 15) is 13.2 Å². The van der Waals surface area contributed by atoms with E-state index in [1.165, 1.54) is 4.31 Å². The Morgan fingerprint density at radius 2 is 1.81 bits per heavy atom. The summed E-state index contributed by atoms with van der Waals surface area (Å²) in [7, 11) is -3.50. The summed E-state index contributed by atoms with van der Waals surface area (Å²) in [4.78, 5) is 14.6. The number of benzene rings is 1. The average molecular weight is 416 g/mol. The van der Waals surface area contributed by atoms with Crippen LogP contribution in [0.3, 0.4) is 0 Å². The molecule has 0 saturated carbocycles. The van der Waals surface area contributed by atoms with Gasteiger partial charge in [-0.05, 0) is 43.0 Å². The number of rotatable bonds is 5.